The molecule has 0 fully saturated rings. The van der Waals surface area contributed by atoms with Crippen molar-refractivity contribution in [2.45, 2.75) is 25.8 Å². The van der Waals surface area contributed by atoms with Crippen molar-refractivity contribution in [3.8, 4) is 5.75 Å². The fourth-order valence-electron chi connectivity index (χ4n) is 1.38. The van der Waals surface area contributed by atoms with Gasteiger partial charge in [0.05, 0.1) is 7.11 Å². The number of rotatable bonds is 3. The van der Waals surface area contributed by atoms with Crippen LogP contribution in [0.25, 0.3) is 0 Å². The molecule has 14 heavy (non-hydrogen) atoms. The predicted molar refractivity (Wildman–Crippen MR) is 54.9 cm³/mol. The van der Waals surface area contributed by atoms with Crippen LogP contribution < -0.4 is 10.5 Å². The summed E-state index contributed by atoms with van der Waals surface area (Å²) < 4.78 is 18.1. The highest BCUT2D eigenvalue weighted by atomic mass is 19.1. The summed E-state index contributed by atoms with van der Waals surface area (Å²) in [5.74, 6) is 0.426. The minimum atomic E-state index is -0.360. The Morgan fingerprint density at radius 3 is 2.57 bits per heavy atom. The smallest absolute Gasteiger partial charge is 0.123 e. The van der Waals surface area contributed by atoms with Gasteiger partial charge in [0.15, 0.2) is 0 Å². The van der Waals surface area contributed by atoms with Crippen LogP contribution in [0.2, 0.25) is 0 Å². The SMILES string of the molecule is COc1ccc(F)cc1CC(C)(C)N. The van der Waals surface area contributed by atoms with Gasteiger partial charge in [0.1, 0.15) is 11.6 Å². The van der Waals surface area contributed by atoms with E-state index in [0.717, 1.165) is 5.56 Å². The molecule has 0 aliphatic carbocycles. The second kappa shape index (κ2) is 3.96. The van der Waals surface area contributed by atoms with Gasteiger partial charge in [-0.05, 0) is 44.0 Å². The van der Waals surface area contributed by atoms with Gasteiger partial charge >= 0.3 is 0 Å². The minimum absolute atomic E-state index is 0.259. The van der Waals surface area contributed by atoms with Crippen molar-refractivity contribution in [3.05, 3.63) is 29.6 Å². The van der Waals surface area contributed by atoms with Gasteiger partial charge in [-0.1, -0.05) is 0 Å². The molecule has 0 spiro atoms. The number of benzene rings is 1. The third-order valence-electron chi connectivity index (χ3n) is 1.89. The summed E-state index contributed by atoms with van der Waals surface area (Å²) >= 11 is 0. The highest BCUT2D eigenvalue weighted by molar-refractivity contribution is 5.35. The molecule has 0 aromatic heterocycles. The summed E-state index contributed by atoms with van der Waals surface area (Å²) in [5.41, 5.74) is 6.31. The molecule has 0 heterocycles. The average Bonchev–Trinajstić information content (AvgIpc) is 2.01. The van der Waals surface area contributed by atoms with E-state index in [9.17, 15) is 4.39 Å². The molecule has 0 bridgehead atoms. The highest BCUT2D eigenvalue weighted by Crippen LogP contribution is 2.22. The molecule has 1 aromatic carbocycles. The Bertz CT molecular complexity index is 318. The second-order valence-corrected chi connectivity index (χ2v) is 4.12. The van der Waals surface area contributed by atoms with Gasteiger partial charge in [0.2, 0.25) is 0 Å². The van der Waals surface area contributed by atoms with Crippen molar-refractivity contribution in [1.82, 2.24) is 0 Å². The molecule has 0 amide bonds. The fraction of sp³-hybridized carbons (Fsp3) is 0.455. The number of nitrogens with two attached hydrogens (primary N) is 1. The monoisotopic (exact) mass is 197 g/mol. The van der Waals surface area contributed by atoms with Crippen LogP contribution in [0.5, 0.6) is 5.75 Å². The lowest BCUT2D eigenvalue weighted by Gasteiger charge is -2.19. The van der Waals surface area contributed by atoms with Crippen LogP contribution in [0.4, 0.5) is 4.39 Å². The Hall–Kier alpha value is -1.09. The molecule has 0 aliphatic heterocycles. The van der Waals surface area contributed by atoms with Gasteiger partial charge in [-0.3, -0.25) is 0 Å². The third-order valence-corrected chi connectivity index (χ3v) is 1.89. The predicted octanol–water partition coefficient (Wildman–Crippen LogP) is 2.11. The summed E-state index contributed by atoms with van der Waals surface area (Å²) in [6.45, 7) is 3.80. The van der Waals surface area contributed by atoms with Crippen LogP contribution in [0, 0.1) is 5.82 Å². The van der Waals surface area contributed by atoms with E-state index in [1.165, 1.54) is 12.1 Å². The Morgan fingerprint density at radius 1 is 1.43 bits per heavy atom. The van der Waals surface area contributed by atoms with E-state index in [1.807, 2.05) is 13.8 Å². The maximum atomic E-state index is 13.0. The number of halogens is 1. The van der Waals surface area contributed by atoms with Gasteiger partial charge in [-0.15, -0.1) is 0 Å². The molecule has 1 rings (SSSR count). The van der Waals surface area contributed by atoms with E-state index in [2.05, 4.69) is 0 Å². The average molecular weight is 197 g/mol. The van der Waals surface area contributed by atoms with Crippen LogP contribution in [0.1, 0.15) is 19.4 Å². The van der Waals surface area contributed by atoms with Crippen LogP contribution in [-0.2, 0) is 6.42 Å². The van der Waals surface area contributed by atoms with Gasteiger partial charge in [-0.2, -0.15) is 0 Å². The molecule has 2 N–H and O–H groups in total. The first kappa shape index (κ1) is 11.0. The maximum Gasteiger partial charge on any atom is 0.123 e. The molecular formula is C11H16FNO. The third kappa shape index (κ3) is 3.00. The van der Waals surface area contributed by atoms with E-state index >= 15 is 0 Å². The van der Waals surface area contributed by atoms with Crippen molar-refractivity contribution in [1.29, 1.82) is 0 Å². The Labute approximate surface area is 83.9 Å². The summed E-state index contributed by atoms with van der Waals surface area (Å²) in [6, 6.07) is 4.47. The summed E-state index contributed by atoms with van der Waals surface area (Å²) in [6.07, 6.45) is 0.591. The normalized spacial score (nSPS) is 11.5. The zero-order valence-corrected chi connectivity index (χ0v) is 8.80. The molecule has 0 atom stereocenters. The van der Waals surface area contributed by atoms with E-state index in [1.54, 1.807) is 13.2 Å². The van der Waals surface area contributed by atoms with E-state index in [0.29, 0.717) is 12.2 Å². The minimum Gasteiger partial charge on any atom is -0.496 e. The summed E-state index contributed by atoms with van der Waals surface area (Å²) in [5, 5.41) is 0. The van der Waals surface area contributed by atoms with Crippen molar-refractivity contribution >= 4 is 0 Å². The van der Waals surface area contributed by atoms with Gasteiger partial charge in [0.25, 0.3) is 0 Å². The topological polar surface area (TPSA) is 35.2 Å². The van der Waals surface area contributed by atoms with Crippen molar-refractivity contribution < 1.29 is 9.13 Å². The fourth-order valence-corrected chi connectivity index (χ4v) is 1.38. The maximum absolute atomic E-state index is 13.0. The largest absolute Gasteiger partial charge is 0.496 e. The van der Waals surface area contributed by atoms with Crippen molar-refractivity contribution in [3.63, 3.8) is 0 Å². The van der Waals surface area contributed by atoms with Crippen molar-refractivity contribution in [2.75, 3.05) is 7.11 Å². The van der Waals surface area contributed by atoms with E-state index < -0.39 is 0 Å². The Morgan fingerprint density at radius 2 is 2.07 bits per heavy atom. The van der Waals surface area contributed by atoms with Crippen LogP contribution in [-0.4, -0.2) is 12.6 Å². The zero-order valence-electron chi connectivity index (χ0n) is 8.80. The summed E-state index contributed by atoms with van der Waals surface area (Å²) in [7, 11) is 1.57. The Balaban J connectivity index is 2.99. The zero-order chi connectivity index (χ0) is 10.8. The molecule has 0 aliphatic rings. The first-order chi connectivity index (χ1) is 6.42. The first-order valence-corrected chi connectivity index (χ1v) is 4.54. The molecule has 0 saturated carbocycles. The lowest BCUT2D eigenvalue weighted by Crippen LogP contribution is -2.34. The molecule has 1 aromatic rings. The number of hydrogen-bond donors (Lipinski definition) is 1. The van der Waals surface area contributed by atoms with Gasteiger partial charge in [-0.25, -0.2) is 4.39 Å². The molecular weight excluding hydrogens is 181 g/mol. The molecule has 0 unspecified atom stereocenters. The number of hydrogen-bond acceptors (Lipinski definition) is 2. The van der Waals surface area contributed by atoms with Crippen LogP contribution in [0.15, 0.2) is 18.2 Å². The van der Waals surface area contributed by atoms with Crippen LogP contribution >= 0.6 is 0 Å². The van der Waals surface area contributed by atoms with Crippen LogP contribution in [0.3, 0.4) is 0 Å². The van der Waals surface area contributed by atoms with E-state index in [4.69, 9.17) is 10.5 Å². The molecule has 2 nitrogen and oxygen atoms in total. The van der Waals surface area contributed by atoms with Gasteiger partial charge < -0.3 is 10.5 Å². The molecule has 0 radical (unpaired) electrons. The lowest BCUT2D eigenvalue weighted by atomic mass is 9.95. The highest BCUT2D eigenvalue weighted by Gasteiger charge is 2.15. The van der Waals surface area contributed by atoms with Crippen molar-refractivity contribution in [2.24, 2.45) is 5.73 Å². The van der Waals surface area contributed by atoms with Gasteiger partial charge in [0, 0.05) is 5.54 Å². The summed E-state index contributed by atoms with van der Waals surface area (Å²) in [4.78, 5) is 0. The first-order valence-electron chi connectivity index (χ1n) is 4.54. The quantitative estimate of drug-likeness (QED) is 0.805. The standard InChI is InChI=1S/C11H16FNO/c1-11(2,13)7-8-6-9(12)4-5-10(8)14-3/h4-6H,7,13H2,1-3H3. The number of ether oxygens (including phenoxy) is 1. The molecule has 78 valence electrons. The van der Waals surface area contributed by atoms with E-state index in [-0.39, 0.29) is 11.4 Å². The lowest BCUT2D eigenvalue weighted by molar-refractivity contribution is 0.400. The second-order valence-electron chi connectivity index (χ2n) is 4.12. The molecule has 0 saturated heterocycles. The number of methoxy groups -OCH3 is 1. The Kier molecular flexibility index (Phi) is 3.11. The molecule has 3 heteroatoms.